The lowest BCUT2D eigenvalue weighted by Gasteiger charge is -2.14. The molecule has 0 saturated carbocycles. The van der Waals surface area contributed by atoms with Crippen molar-refractivity contribution in [2.24, 2.45) is 7.05 Å². The zero-order chi connectivity index (χ0) is 18.3. The van der Waals surface area contributed by atoms with E-state index in [0.29, 0.717) is 0 Å². The highest BCUT2D eigenvalue weighted by atomic mass is 16.1. The molecule has 0 spiro atoms. The van der Waals surface area contributed by atoms with E-state index in [9.17, 15) is 4.79 Å². The summed E-state index contributed by atoms with van der Waals surface area (Å²) in [5, 5.41) is 0.780. The molecule has 2 nitrogen and oxygen atoms in total. The van der Waals surface area contributed by atoms with Gasteiger partial charge < -0.3 is 4.57 Å². The first-order valence-corrected chi connectivity index (χ1v) is 8.81. The van der Waals surface area contributed by atoms with Crippen LogP contribution in [0.15, 0.2) is 77.7 Å². The molecular weight excluding hydrogens is 318 g/mol. The van der Waals surface area contributed by atoms with Gasteiger partial charge in [-0.2, -0.15) is 0 Å². The van der Waals surface area contributed by atoms with Gasteiger partial charge >= 0.3 is 0 Å². The first kappa shape index (κ1) is 16.3. The standard InChI is InChI=1S/C24H21NO/c1-16-9-11-19(12-10-16)21-15-25(3)22-14-17(2)13-20(23(22)24(21)26)18-7-5-4-6-8-18/h4-15H,1-3H3. The second kappa shape index (κ2) is 6.30. The average molecular weight is 339 g/mol. The smallest absolute Gasteiger partial charge is 0.197 e. The van der Waals surface area contributed by atoms with Crippen LogP contribution in [0.25, 0.3) is 33.2 Å². The quantitative estimate of drug-likeness (QED) is 0.473. The van der Waals surface area contributed by atoms with Crippen molar-refractivity contribution >= 4 is 10.9 Å². The number of hydrogen-bond donors (Lipinski definition) is 0. The molecule has 0 bridgehead atoms. The fourth-order valence-electron chi connectivity index (χ4n) is 3.52. The first-order chi connectivity index (χ1) is 12.5. The lowest BCUT2D eigenvalue weighted by atomic mass is 9.95. The second-order valence-electron chi connectivity index (χ2n) is 6.92. The van der Waals surface area contributed by atoms with Gasteiger partial charge in [-0.25, -0.2) is 0 Å². The molecule has 0 aliphatic heterocycles. The van der Waals surface area contributed by atoms with Crippen molar-refractivity contribution < 1.29 is 0 Å². The molecule has 0 unspecified atom stereocenters. The predicted octanol–water partition coefficient (Wildman–Crippen LogP) is 5.49. The van der Waals surface area contributed by atoms with Crippen molar-refractivity contribution in [2.45, 2.75) is 13.8 Å². The molecule has 128 valence electrons. The van der Waals surface area contributed by atoms with Crippen LogP contribution in [0.2, 0.25) is 0 Å². The van der Waals surface area contributed by atoms with E-state index < -0.39 is 0 Å². The minimum atomic E-state index is 0.0841. The van der Waals surface area contributed by atoms with Crippen LogP contribution in [-0.2, 0) is 7.05 Å². The molecule has 4 aromatic rings. The van der Waals surface area contributed by atoms with Crippen molar-refractivity contribution in [1.82, 2.24) is 4.57 Å². The third kappa shape index (κ3) is 2.74. The van der Waals surface area contributed by atoms with Gasteiger partial charge in [0.2, 0.25) is 0 Å². The molecule has 0 aliphatic rings. The number of rotatable bonds is 2. The van der Waals surface area contributed by atoms with Crippen LogP contribution in [-0.4, -0.2) is 4.57 Å². The average Bonchev–Trinajstić information content (AvgIpc) is 2.65. The van der Waals surface area contributed by atoms with Crippen molar-refractivity contribution in [3.8, 4) is 22.3 Å². The number of benzene rings is 3. The van der Waals surface area contributed by atoms with Crippen LogP contribution in [0.1, 0.15) is 11.1 Å². The van der Waals surface area contributed by atoms with Gasteiger partial charge in [0.1, 0.15) is 0 Å². The summed E-state index contributed by atoms with van der Waals surface area (Å²) in [4.78, 5) is 13.5. The third-order valence-electron chi connectivity index (χ3n) is 4.88. The van der Waals surface area contributed by atoms with Crippen molar-refractivity contribution in [3.63, 3.8) is 0 Å². The summed E-state index contributed by atoms with van der Waals surface area (Å²) in [7, 11) is 2.01. The predicted molar refractivity (Wildman–Crippen MR) is 110 cm³/mol. The minimum absolute atomic E-state index is 0.0841. The molecule has 4 rings (SSSR count). The summed E-state index contributed by atoms with van der Waals surface area (Å²) in [6, 6.07) is 22.5. The zero-order valence-electron chi connectivity index (χ0n) is 15.3. The molecule has 0 saturated heterocycles. The first-order valence-electron chi connectivity index (χ1n) is 8.81. The maximum absolute atomic E-state index is 13.5. The van der Waals surface area contributed by atoms with Crippen LogP contribution in [0, 0.1) is 13.8 Å². The molecule has 0 aliphatic carbocycles. The van der Waals surface area contributed by atoms with E-state index in [2.05, 4.69) is 42.7 Å². The van der Waals surface area contributed by atoms with E-state index in [1.807, 2.05) is 55.7 Å². The lowest BCUT2D eigenvalue weighted by molar-refractivity contribution is 0.951. The van der Waals surface area contributed by atoms with Crippen LogP contribution in [0.3, 0.4) is 0 Å². The van der Waals surface area contributed by atoms with Gasteiger partial charge in [-0.15, -0.1) is 0 Å². The van der Waals surface area contributed by atoms with Gasteiger partial charge in [0.05, 0.1) is 10.9 Å². The maximum Gasteiger partial charge on any atom is 0.197 e. The highest BCUT2D eigenvalue weighted by Crippen LogP contribution is 2.30. The van der Waals surface area contributed by atoms with Crippen LogP contribution in [0.4, 0.5) is 0 Å². The number of nitrogens with zero attached hydrogens (tertiary/aromatic N) is 1. The van der Waals surface area contributed by atoms with E-state index in [-0.39, 0.29) is 5.43 Å². The molecule has 2 heteroatoms. The summed E-state index contributed by atoms with van der Waals surface area (Å²) in [6.45, 7) is 4.13. The van der Waals surface area contributed by atoms with Gasteiger partial charge in [-0.05, 0) is 42.2 Å². The van der Waals surface area contributed by atoms with E-state index in [1.54, 1.807) is 0 Å². The molecule has 1 aromatic heterocycles. The van der Waals surface area contributed by atoms with Crippen molar-refractivity contribution in [1.29, 1.82) is 0 Å². The Labute approximate surface area is 153 Å². The number of aromatic nitrogens is 1. The van der Waals surface area contributed by atoms with Crippen LogP contribution >= 0.6 is 0 Å². The molecule has 0 radical (unpaired) electrons. The number of aryl methyl sites for hydroxylation is 3. The Morgan fingerprint density at radius 3 is 2.08 bits per heavy atom. The molecule has 1 heterocycles. The van der Waals surface area contributed by atoms with Gasteiger partial charge in [-0.1, -0.05) is 66.2 Å². The minimum Gasteiger partial charge on any atom is -0.350 e. The number of pyridine rings is 1. The Morgan fingerprint density at radius 2 is 1.38 bits per heavy atom. The summed E-state index contributed by atoms with van der Waals surface area (Å²) >= 11 is 0. The SMILES string of the molecule is Cc1ccc(-c2cn(C)c3cc(C)cc(-c4ccccc4)c3c2=O)cc1. The Balaban J connectivity index is 2.10. The fraction of sp³-hybridized carbons (Fsp3) is 0.125. The Morgan fingerprint density at radius 1 is 0.731 bits per heavy atom. The summed E-state index contributed by atoms with van der Waals surface area (Å²) in [5.41, 5.74) is 7.14. The van der Waals surface area contributed by atoms with E-state index in [4.69, 9.17) is 0 Å². The highest BCUT2D eigenvalue weighted by Gasteiger charge is 2.14. The monoisotopic (exact) mass is 339 g/mol. The van der Waals surface area contributed by atoms with E-state index >= 15 is 0 Å². The fourth-order valence-corrected chi connectivity index (χ4v) is 3.52. The molecule has 26 heavy (non-hydrogen) atoms. The molecule has 0 N–H and O–H groups in total. The molecule has 0 atom stereocenters. The lowest BCUT2D eigenvalue weighted by Crippen LogP contribution is -2.11. The van der Waals surface area contributed by atoms with E-state index in [1.165, 1.54) is 5.56 Å². The molecular formula is C24H21NO. The van der Waals surface area contributed by atoms with Gasteiger partial charge in [0, 0.05) is 18.8 Å². The largest absolute Gasteiger partial charge is 0.350 e. The van der Waals surface area contributed by atoms with Crippen LogP contribution in [0.5, 0.6) is 0 Å². The van der Waals surface area contributed by atoms with Crippen LogP contribution < -0.4 is 5.43 Å². The van der Waals surface area contributed by atoms with Gasteiger partial charge in [-0.3, -0.25) is 4.79 Å². The Hall–Kier alpha value is -3.13. The number of hydrogen-bond acceptors (Lipinski definition) is 1. The second-order valence-corrected chi connectivity index (χ2v) is 6.92. The van der Waals surface area contributed by atoms with Crippen molar-refractivity contribution in [3.05, 3.63) is 94.3 Å². The highest BCUT2D eigenvalue weighted by molar-refractivity contribution is 5.97. The van der Waals surface area contributed by atoms with Gasteiger partial charge in [0.25, 0.3) is 0 Å². The Kier molecular flexibility index (Phi) is 3.96. The number of fused-ring (bicyclic) bond motifs is 1. The van der Waals surface area contributed by atoms with Gasteiger partial charge in [0.15, 0.2) is 5.43 Å². The molecule has 0 fully saturated rings. The maximum atomic E-state index is 13.5. The molecule has 3 aromatic carbocycles. The third-order valence-corrected chi connectivity index (χ3v) is 4.88. The summed E-state index contributed by atoms with van der Waals surface area (Å²) < 4.78 is 2.06. The summed E-state index contributed by atoms with van der Waals surface area (Å²) in [6.07, 6.45) is 1.95. The molecule has 0 amide bonds. The summed E-state index contributed by atoms with van der Waals surface area (Å²) in [5.74, 6) is 0. The topological polar surface area (TPSA) is 22.0 Å². The Bertz CT molecular complexity index is 1150. The van der Waals surface area contributed by atoms with Crippen molar-refractivity contribution in [2.75, 3.05) is 0 Å². The normalized spacial score (nSPS) is 11.0. The zero-order valence-corrected chi connectivity index (χ0v) is 15.3. The van der Waals surface area contributed by atoms with E-state index in [0.717, 1.165) is 38.7 Å².